The highest BCUT2D eigenvalue weighted by Crippen LogP contribution is 2.17. The average molecular weight is 270 g/mol. The van der Waals surface area contributed by atoms with Crippen LogP contribution in [0.4, 0.5) is 0 Å². The van der Waals surface area contributed by atoms with Crippen LogP contribution in [0.3, 0.4) is 0 Å². The van der Waals surface area contributed by atoms with E-state index in [-0.39, 0.29) is 15.9 Å². The third-order valence-corrected chi connectivity index (χ3v) is 2.21. The van der Waals surface area contributed by atoms with Crippen molar-refractivity contribution in [3.8, 4) is 0 Å². The molecule has 0 spiro atoms. The van der Waals surface area contributed by atoms with Gasteiger partial charge in [-0.1, -0.05) is 23.2 Å². The molecule has 15 heavy (non-hydrogen) atoms. The number of hydrogen-bond acceptors (Lipinski definition) is 5. The second kappa shape index (κ2) is 4.34. The quantitative estimate of drug-likeness (QED) is 0.601. The largest absolute Gasteiger partial charge is 0.356 e. The normalized spacial score (nSPS) is 11.1. The summed E-state index contributed by atoms with van der Waals surface area (Å²) in [5.74, 6) is -1.09. The number of halogens is 2. The van der Waals surface area contributed by atoms with Gasteiger partial charge in [-0.2, -0.15) is 8.42 Å². The molecular formula is C7H5Cl2NO4S. The van der Waals surface area contributed by atoms with Crippen molar-refractivity contribution in [2.24, 2.45) is 0 Å². The maximum absolute atomic E-state index is 11.2. The van der Waals surface area contributed by atoms with Crippen molar-refractivity contribution >= 4 is 39.3 Å². The lowest BCUT2D eigenvalue weighted by Crippen LogP contribution is -2.12. The second-order valence-electron chi connectivity index (χ2n) is 2.55. The molecule has 0 aromatic carbocycles. The van der Waals surface area contributed by atoms with Gasteiger partial charge in [0.15, 0.2) is 0 Å². The maximum Gasteiger partial charge on any atom is 0.356 e. The Morgan fingerprint density at radius 2 is 2.00 bits per heavy atom. The first kappa shape index (κ1) is 12.2. The maximum atomic E-state index is 11.2. The average Bonchev–Trinajstić information content (AvgIpc) is 1.99. The Balaban J connectivity index is 3.02. The van der Waals surface area contributed by atoms with Crippen LogP contribution in [0.15, 0.2) is 12.1 Å². The van der Waals surface area contributed by atoms with Gasteiger partial charge in [0.1, 0.15) is 10.3 Å². The van der Waals surface area contributed by atoms with E-state index in [2.05, 4.69) is 9.17 Å². The first-order valence-electron chi connectivity index (χ1n) is 3.55. The number of carbonyl (C=O) groups is 1. The van der Waals surface area contributed by atoms with Crippen LogP contribution >= 0.6 is 23.2 Å². The molecule has 0 atom stereocenters. The van der Waals surface area contributed by atoms with Crippen LogP contribution < -0.4 is 0 Å². The summed E-state index contributed by atoms with van der Waals surface area (Å²) in [6.07, 6.45) is 0.752. The van der Waals surface area contributed by atoms with E-state index >= 15 is 0 Å². The molecule has 1 aromatic heterocycles. The van der Waals surface area contributed by atoms with E-state index < -0.39 is 16.1 Å². The Morgan fingerprint density at radius 3 is 2.47 bits per heavy atom. The van der Waals surface area contributed by atoms with Crippen LogP contribution in [0, 0.1) is 0 Å². The van der Waals surface area contributed by atoms with Crippen molar-refractivity contribution in [1.82, 2.24) is 4.98 Å². The molecule has 0 bridgehead atoms. The predicted octanol–water partition coefficient (Wildman–Crippen LogP) is 1.50. The van der Waals surface area contributed by atoms with E-state index in [1.807, 2.05) is 0 Å². The number of pyridine rings is 1. The van der Waals surface area contributed by atoms with Gasteiger partial charge in [0, 0.05) is 0 Å². The van der Waals surface area contributed by atoms with Gasteiger partial charge in [-0.25, -0.2) is 9.78 Å². The van der Waals surface area contributed by atoms with Crippen LogP contribution in [0.2, 0.25) is 10.3 Å². The number of aromatic nitrogens is 1. The number of rotatable bonds is 2. The molecule has 0 aliphatic carbocycles. The molecule has 0 radical (unpaired) electrons. The second-order valence-corrected chi connectivity index (χ2v) is 4.87. The summed E-state index contributed by atoms with van der Waals surface area (Å²) in [5, 5.41) is -0.118. The molecule has 1 rings (SSSR count). The van der Waals surface area contributed by atoms with Gasteiger partial charge in [-0.05, 0) is 12.1 Å². The minimum atomic E-state index is -3.87. The van der Waals surface area contributed by atoms with Crippen molar-refractivity contribution < 1.29 is 17.4 Å². The first-order valence-corrected chi connectivity index (χ1v) is 6.12. The van der Waals surface area contributed by atoms with Crippen LogP contribution in [0.5, 0.6) is 0 Å². The molecule has 1 heterocycles. The molecule has 82 valence electrons. The standard InChI is InChI=1S/C7H5Cl2NO4S/c1-15(12,13)14-7(11)4-2-3-5(8)10-6(4)9/h2-3H,1H3. The molecule has 1 aromatic rings. The Morgan fingerprint density at radius 1 is 1.40 bits per heavy atom. The molecule has 0 amide bonds. The fourth-order valence-corrected chi connectivity index (χ4v) is 1.53. The van der Waals surface area contributed by atoms with Gasteiger partial charge in [0.25, 0.3) is 0 Å². The molecule has 0 aliphatic rings. The molecule has 5 nitrogen and oxygen atoms in total. The van der Waals surface area contributed by atoms with E-state index in [0.717, 1.165) is 6.26 Å². The fourth-order valence-electron chi connectivity index (χ4n) is 0.747. The highest BCUT2D eigenvalue weighted by Gasteiger charge is 2.17. The number of carbonyl (C=O) groups excluding carboxylic acids is 1. The van der Waals surface area contributed by atoms with Gasteiger partial charge in [0.05, 0.1) is 11.8 Å². The van der Waals surface area contributed by atoms with Crippen LogP contribution in [-0.4, -0.2) is 25.6 Å². The minimum absolute atomic E-state index is 0.0934. The van der Waals surface area contributed by atoms with Gasteiger partial charge in [0.2, 0.25) is 0 Å². The molecule has 0 N–H and O–H groups in total. The zero-order valence-electron chi connectivity index (χ0n) is 7.40. The van der Waals surface area contributed by atoms with Gasteiger partial charge in [-0.15, -0.1) is 0 Å². The van der Waals surface area contributed by atoms with Gasteiger partial charge >= 0.3 is 16.1 Å². The molecule has 0 aliphatic heterocycles. The topological polar surface area (TPSA) is 73.3 Å². The summed E-state index contributed by atoms with van der Waals surface area (Å²) in [6, 6.07) is 2.53. The third-order valence-electron chi connectivity index (χ3n) is 1.26. The highest BCUT2D eigenvalue weighted by molar-refractivity contribution is 7.86. The van der Waals surface area contributed by atoms with E-state index in [9.17, 15) is 13.2 Å². The predicted molar refractivity (Wildman–Crippen MR) is 54.5 cm³/mol. The van der Waals surface area contributed by atoms with Crippen molar-refractivity contribution in [1.29, 1.82) is 0 Å². The smallest absolute Gasteiger partial charge is 0.341 e. The Bertz CT molecular complexity index is 500. The van der Waals surface area contributed by atoms with Gasteiger partial charge < -0.3 is 4.18 Å². The Hall–Kier alpha value is -0.850. The van der Waals surface area contributed by atoms with E-state index in [1.165, 1.54) is 12.1 Å². The first-order chi connectivity index (χ1) is 6.79. The summed E-state index contributed by atoms with van der Waals surface area (Å²) in [5.41, 5.74) is -0.161. The van der Waals surface area contributed by atoms with Crippen molar-refractivity contribution in [3.63, 3.8) is 0 Å². The highest BCUT2D eigenvalue weighted by atomic mass is 35.5. The monoisotopic (exact) mass is 269 g/mol. The Kier molecular flexibility index (Phi) is 3.54. The minimum Gasteiger partial charge on any atom is -0.341 e. The molecule has 0 saturated heterocycles. The van der Waals surface area contributed by atoms with E-state index in [0.29, 0.717) is 0 Å². The lowest BCUT2D eigenvalue weighted by Gasteiger charge is -2.02. The SMILES string of the molecule is CS(=O)(=O)OC(=O)c1ccc(Cl)nc1Cl. The van der Waals surface area contributed by atoms with Crippen LogP contribution in [0.1, 0.15) is 10.4 Å². The molecular weight excluding hydrogens is 265 g/mol. The number of hydrogen-bond donors (Lipinski definition) is 0. The fraction of sp³-hybridized carbons (Fsp3) is 0.143. The van der Waals surface area contributed by atoms with Gasteiger partial charge in [-0.3, -0.25) is 0 Å². The lowest BCUT2D eigenvalue weighted by atomic mass is 10.3. The van der Waals surface area contributed by atoms with Crippen LogP contribution in [0.25, 0.3) is 0 Å². The van der Waals surface area contributed by atoms with E-state index in [1.54, 1.807) is 0 Å². The third kappa shape index (κ3) is 3.65. The molecule has 8 heteroatoms. The van der Waals surface area contributed by atoms with Crippen molar-refractivity contribution in [2.75, 3.05) is 6.26 Å². The molecule has 0 unspecified atom stereocenters. The molecule has 0 fully saturated rings. The van der Waals surface area contributed by atoms with Crippen molar-refractivity contribution in [3.05, 3.63) is 28.0 Å². The number of nitrogens with zero attached hydrogens (tertiary/aromatic N) is 1. The zero-order valence-corrected chi connectivity index (χ0v) is 9.73. The Labute approximate surface area is 96.1 Å². The molecule has 0 saturated carbocycles. The summed E-state index contributed by atoms with van der Waals surface area (Å²) in [7, 11) is -3.87. The summed E-state index contributed by atoms with van der Waals surface area (Å²) < 4.78 is 25.4. The summed E-state index contributed by atoms with van der Waals surface area (Å²) in [6.45, 7) is 0. The summed E-state index contributed by atoms with van der Waals surface area (Å²) >= 11 is 11.1. The summed E-state index contributed by atoms with van der Waals surface area (Å²) in [4.78, 5) is 14.8. The zero-order chi connectivity index (χ0) is 11.6. The van der Waals surface area contributed by atoms with Crippen LogP contribution in [-0.2, 0) is 14.3 Å². The van der Waals surface area contributed by atoms with E-state index in [4.69, 9.17) is 23.2 Å². The van der Waals surface area contributed by atoms with Crippen molar-refractivity contribution in [2.45, 2.75) is 0 Å². The lowest BCUT2D eigenvalue weighted by molar-refractivity contribution is 0.0748.